The lowest BCUT2D eigenvalue weighted by molar-refractivity contribution is 0.620. The third kappa shape index (κ3) is 3.55. The van der Waals surface area contributed by atoms with E-state index in [1.54, 1.807) is 18.2 Å². The van der Waals surface area contributed by atoms with Gasteiger partial charge in [0, 0.05) is 0 Å². The number of benzene rings is 2. The van der Waals surface area contributed by atoms with E-state index in [1.807, 2.05) is 38.1 Å². The van der Waals surface area contributed by atoms with Crippen molar-refractivity contribution >= 4 is 6.08 Å². The Morgan fingerprint density at radius 3 is 1.81 bits per heavy atom. The molecule has 3 heteroatoms. The molecule has 0 aliphatic carbocycles. The van der Waals surface area contributed by atoms with Crippen molar-refractivity contribution in [1.29, 1.82) is 10.5 Å². The van der Waals surface area contributed by atoms with Crippen LogP contribution in [0.25, 0.3) is 17.2 Å². The Morgan fingerprint density at radius 1 is 0.952 bits per heavy atom. The fourth-order valence-corrected chi connectivity index (χ4v) is 1.77. The van der Waals surface area contributed by atoms with Crippen LogP contribution in [0.1, 0.15) is 30.5 Å². The quantitative estimate of drug-likeness (QED) is 0.784. The fourth-order valence-electron chi connectivity index (χ4n) is 1.77. The predicted molar refractivity (Wildman–Crippen MR) is 82.7 cm³/mol. The number of hydrogen-bond acceptors (Lipinski definition) is 2. The highest BCUT2D eigenvalue weighted by Crippen LogP contribution is 2.25. The Balaban J connectivity index is 0.00000106. The first kappa shape index (κ1) is 16.1. The Kier molecular flexibility index (Phi) is 5.86. The van der Waals surface area contributed by atoms with Crippen molar-refractivity contribution < 1.29 is 4.39 Å². The van der Waals surface area contributed by atoms with Crippen LogP contribution in [0.3, 0.4) is 0 Å². The highest BCUT2D eigenvalue weighted by Gasteiger charge is 2.11. The monoisotopic (exact) mass is 278 g/mol. The molecule has 2 aromatic carbocycles. The average Bonchev–Trinajstić information content (AvgIpc) is 2.57. The molecular formula is C18H15FN2. The first-order valence-corrected chi connectivity index (χ1v) is 6.56. The molecule has 0 heterocycles. The van der Waals surface area contributed by atoms with E-state index >= 15 is 0 Å². The maximum absolute atomic E-state index is 13.6. The van der Waals surface area contributed by atoms with Gasteiger partial charge in [0.15, 0.2) is 5.82 Å². The molecule has 104 valence electrons. The summed E-state index contributed by atoms with van der Waals surface area (Å²) in [6.07, 6.45) is 1.72. The maximum Gasteiger partial charge on any atom is 0.158 e. The molecule has 0 amide bonds. The molecule has 0 N–H and O–H groups in total. The smallest absolute Gasteiger partial charge is 0.158 e. The number of hydrogen-bond donors (Lipinski definition) is 0. The van der Waals surface area contributed by atoms with Crippen molar-refractivity contribution in [3.8, 4) is 23.3 Å². The molecule has 0 saturated heterocycles. The zero-order chi connectivity index (χ0) is 15.8. The second kappa shape index (κ2) is 7.62. The molecule has 0 bridgehead atoms. The first-order chi connectivity index (χ1) is 10.2. The van der Waals surface area contributed by atoms with E-state index in [-0.39, 0.29) is 11.1 Å². The van der Waals surface area contributed by atoms with Crippen LogP contribution in [0, 0.1) is 28.5 Å². The SMILES string of the molecule is C=Cc1ccc(-c2cc(C#N)c(F)c(C#N)c2)cc1.CC. The van der Waals surface area contributed by atoms with Gasteiger partial charge in [-0.3, -0.25) is 0 Å². The summed E-state index contributed by atoms with van der Waals surface area (Å²) in [5.74, 6) is -0.767. The topological polar surface area (TPSA) is 47.6 Å². The lowest BCUT2D eigenvalue weighted by atomic mass is 9.99. The van der Waals surface area contributed by atoms with E-state index in [9.17, 15) is 4.39 Å². The van der Waals surface area contributed by atoms with Gasteiger partial charge >= 0.3 is 0 Å². The van der Waals surface area contributed by atoms with Crippen LogP contribution in [0.5, 0.6) is 0 Å². The van der Waals surface area contributed by atoms with Crippen LogP contribution < -0.4 is 0 Å². The van der Waals surface area contributed by atoms with Crippen molar-refractivity contribution in [2.45, 2.75) is 13.8 Å². The predicted octanol–water partition coefficient (Wildman–Crippen LogP) is 4.91. The zero-order valence-electron chi connectivity index (χ0n) is 12.0. The molecule has 0 unspecified atom stereocenters. The summed E-state index contributed by atoms with van der Waals surface area (Å²) in [4.78, 5) is 0. The molecule has 0 atom stereocenters. The van der Waals surface area contributed by atoms with Gasteiger partial charge in [0.1, 0.15) is 12.1 Å². The lowest BCUT2D eigenvalue weighted by Crippen LogP contribution is -1.92. The van der Waals surface area contributed by atoms with Crippen molar-refractivity contribution in [3.63, 3.8) is 0 Å². The third-order valence-corrected chi connectivity index (χ3v) is 2.79. The molecule has 0 aliphatic heterocycles. The minimum atomic E-state index is -0.767. The van der Waals surface area contributed by atoms with E-state index in [2.05, 4.69) is 6.58 Å². The van der Waals surface area contributed by atoms with Crippen molar-refractivity contribution in [1.82, 2.24) is 0 Å². The summed E-state index contributed by atoms with van der Waals surface area (Å²) in [5, 5.41) is 17.8. The fraction of sp³-hybridized carbons (Fsp3) is 0.111. The standard InChI is InChI=1S/C16H9FN2.C2H6/c1-2-11-3-5-12(6-4-11)13-7-14(9-18)16(17)15(8-13)10-19;1-2/h2-8H,1H2;1-2H3. The molecule has 21 heavy (non-hydrogen) atoms. The molecule has 0 spiro atoms. The number of halogens is 1. The Morgan fingerprint density at radius 2 is 1.43 bits per heavy atom. The Hall–Kier alpha value is -2.91. The van der Waals surface area contributed by atoms with Gasteiger partial charge in [-0.25, -0.2) is 4.39 Å². The summed E-state index contributed by atoms with van der Waals surface area (Å²) in [5.41, 5.74) is 2.18. The number of nitriles is 2. The average molecular weight is 278 g/mol. The summed E-state index contributed by atoms with van der Waals surface area (Å²) in [6, 6.07) is 13.8. The molecule has 0 fully saturated rings. The maximum atomic E-state index is 13.6. The van der Waals surface area contributed by atoms with E-state index < -0.39 is 5.82 Å². The third-order valence-electron chi connectivity index (χ3n) is 2.79. The molecule has 0 aromatic heterocycles. The van der Waals surface area contributed by atoms with Gasteiger partial charge in [-0.1, -0.05) is 50.8 Å². The summed E-state index contributed by atoms with van der Waals surface area (Å²) in [6.45, 7) is 7.66. The van der Waals surface area contributed by atoms with Crippen LogP contribution in [-0.2, 0) is 0 Å². The van der Waals surface area contributed by atoms with Crippen molar-refractivity contribution in [2.75, 3.05) is 0 Å². The van der Waals surface area contributed by atoms with Crippen LogP contribution in [0.2, 0.25) is 0 Å². The Bertz CT molecular complexity index is 681. The number of nitrogens with zero attached hydrogens (tertiary/aromatic N) is 2. The van der Waals surface area contributed by atoms with Gasteiger partial charge in [-0.2, -0.15) is 10.5 Å². The van der Waals surface area contributed by atoms with E-state index in [0.717, 1.165) is 11.1 Å². The summed E-state index contributed by atoms with van der Waals surface area (Å²) >= 11 is 0. The Labute approximate surface area is 124 Å². The van der Waals surface area contributed by atoms with Crippen molar-refractivity contribution in [2.24, 2.45) is 0 Å². The minimum absolute atomic E-state index is 0.123. The molecule has 2 nitrogen and oxygen atoms in total. The molecule has 2 aromatic rings. The minimum Gasteiger partial charge on any atom is -0.204 e. The van der Waals surface area contributed by atoms with Crippen molar-refractivity contribution in [3.05, 3.63) is 65.5 Å². The lowest BCUT2D eigenvalue weighted by Gasteiger charge is -2.05. The van der Waals surface area contributed by atoms with Gasteiger partial charge in [0.25, 0.3) is 0 Å². The summed E-state index contributed by atoms with van der Waals surface area (Å²) < 4.78 is 13.6. The van der Waals surface area contributed by atoms with Crippen LogP contribution in [0.15, 0.2) is 43.0 Å². The molecule has 0 saturated carbocycles. The molecule has 0 radical (unpaired) electrons. The van der Waals surface area contributed by atoms with E-state index in [4.69, 9.17) is 10.5 Å². The summed E-state index contributed by atoms with van der Waals surface area (Å²) in [7, 11) is 0. The van der Waals surface area contributed by atoms with E-state index in [0.29, 0.717) is 5.56 Å². The number of rotatable bonds is 2. The molecule has 0 aliphatic rings. The molecular weight excluding hydrogens is 263 g/mol. The van der Waals surface area contributed by atoms with Crippen LogP contribution in [-0.4, -0.2) is 0 Å². The van der Waals surface area contributed by atoms with Crippen LogP contribution >= 0.6 is 0 Å². The van der Waals surface area contributed by atoms with Gasteiger partial charge in [0.05, 0.1) is 11.1 Å². The van der Waals surface area contributed by atoms with Crippen LogP contribution in [0.4, 0.5) is 4.39 Å². The highest BCUT2D eigenvalue weighted by molar-refractivity contribution is 5.69. The second-order valence-corrected chi connectivity index (χ2v) is 3.94. The van der Waals surface area contributed by atoms with Gasteiger partial charge in [-0.15, -0.1) is 0 Å². The van der Waals surface area contributed by atoms with E-state index in [1.165, 1.54) is 12.1 Å². The van der Waals surface area contributed by atoms with Gasteiger partial charge in [-0.05, 0) is 28.8 Å². The highest BCUT2D eigenvalue weighted by atomic mass is 19.1. The van der Waals surface area contributed by atoms with Gasteiger partial charge < -0.3 is 0 Å². The first-order valence-electron chi connectivity index (χ1n) is 6.56. The largest absolute Gasteiger partial charge is 0.204 e. The second-order valence-electron chi connectivity index (χ2n) is 3.94. The normalized spacial score (nSPS) is 8.81. The van der Waals surface area contributed by atoms with Gasteiger partial charge in [0.2, 0.25) is 0 Å². The zero-order valence-corrected chi connectivity index (χ0v) is 12.0. The molecule has 2 rings (SSSR count).